The topological polar surface area (TPSA) is 38.3 Å². The predicted molar refractivity (Wildman–Crippen MR) is 86.5 cm³/mol. The van der Waals surface area contributed by atoms with E-state index in [4.69, 9.17) is 4.43 Å². The summed E-state index contributed by atoms with van der Waals surface area (Å²) in [6.07, 6.45) is 0.0311. The number of hydrogen-bond acceptors (Lipinski definition) is 2. The molecule has 1 aromatic carbocycles. The molecule has 0 saturated carbocycles. The zero-order chi connectivity index (χ0) is 15.4. The van der Waals surface area contributed by atoms with E-state index >= 15 is 0 Å². The molecule has 1 atom stereocenters. The maximum Gasteiger partial charge on any atom is 0.251 e. The molecule has 0 spiro atoms. The first-order valence-electron chi connectivity index (χ1n) is 7.14. The highest BCUT2D eigenvalue weighted by molar-refractivity contribution is 6.74. The number of nitrogens with one attached hydrogen (secondary N) is 1. The van der Waals surface area contributed by atoms with Crippen LogP contribution in [-0.2, 0) is 4.43 Å². The Morgan fingerprint density at radius 2 is 1.80 bits per heavy atom. The van der Waals surface area contributed by atoms with Crippen LogP contribution in [0.2, 0.25) is 18.1 Å². The van der Waals surface area contributed by atoms with Crippen molar-refractivity contribution < 1.29 is 9.22 Å². The van der Waals surface area contributed by atoms with Crippen LogP contribution in [0.3, 0.4) is 0 Å². The molecule has 1 N–H and O–H groups in total. The highest BCUT2D eigenvalue weighted by Crippen LogP contribution is 2.37. The number of hydrogen-bond donors (Lipinski definition) is 1. The van der Waals surface area contributed by atoms with Crippen LogP contribution in [0.15, 0.2) is 30.3 Å². The lowest BCUT2D eigenvalue weighted by Gasteiger charge is -2.38. The molecule has 1 aromatic rings. The second-order valence-electron chi connectivity index (χ2n) is 6.76. The Morgan fingerprint density at radius 3 is 2.30 bits per heavy atom. The molecule has 112 valence electrons. The lowest BCUT2D eigenvalue weighted by Crippen LogP contribution is -2.46. The molecular weight excluding hydrogens is 266 g/mol. The van der Waals surface area contributed by atoms with Crippen LogP contribution in [-0.4, -0.2) is 26.9 Å². The molecule has 0 aliphatic carbocycles. The molecule has 4 heteroatoms. The lowest BCUT2D eigenvalue weighted by molar-refractivity contribution is 0.0927. The van der Waals surface area contributed by atoms with Gasteiger partial charge in [-0.2, -0.15) is 0 Å². The van der Waals surface area contributed by atoms with Crippen LogP contribution in [0.5, 0.6) is 0 Å². The molecule has 1 rings (SSSR count). The van der Waals surface area contributed by atoms with Crippen molar-refractivity contribution in [2.75, 3.05) is 6.54 Å². The fraction of sp³-hybridized carbons (Fsp3) is 0.562. The van der Waals surface area contributed by atoms with Gasteiger partial charge in [-0.1, -0.05) is 39.0 Å². The Kier molecular flexibility index (Phi) is 5.54. The van der Waals surface area contributed by atoms with Crippen LogP contribution in [0, 0.1) is 0 Å². The Balaban J connectivity index is 2.48. The van der Waals surface area contributed by atoms with E-state index in [1.165, 1.54) is 0 Å². The standard InChI is InChI=1S/C16H27NO2Si/c1-13(19-20(5,6)16(2,3)4)12-17-15(18)14-10-8-7-9-11-14/h7-11,13H,12H2,1-6H3,(H,17,18). The third kappa shape index (κ3) is 4.76. The minimum absolute atomic E-state index is 0.0311. The van der Waals surface area contributed by atoms with Crippen molar-refractivity contribution >= 4 is 14.2 Å². The largest absolute Gasteiger partial charge is 0.412 e. The molecule has 0 heterocycles. The van der Waals surface area contributed by atoms with Gasteiger partial charge >= 0.3 is 0 Å². The Labute approximate surface area is 123 Å². The minimum Gasteiger partial charge on any atom is -0.412 e. The molecule has 0 saturated heterocycles. The van der Waals surface area contributed by atoms with Gasteiger partial charge in [0.05, 0.1) is 6.10 Å². The maximum absolute atomic E-state index is 12.0. The smallest absolute Gasteiger partial charge is 0.251 e. The quantitative estimate of drug-likeness (QED) is 0.838. The van der Waals surface area contributed by atoms with Crippen molar-refractivity contribution in [3.05, 3.63) is 35.9 Å². The summed E-state index contributed by atoms with van der Waals surface area (Å²) >= 11 is 0. The first kappa shape index (κ1) is 16.9. The van der Waals surface area contributed by atoms with Crippen molar-refractivity contribution in [2.24, 2.45) is 0 Å². The maximum atomic E-state index is 12.0. The van der Waals surface area contributed by atoms with Crippen LogP contribution in [0.1, 0.15) is 38.1 Å². The Bertz CT molecular complexity index is 438. The van der Waals surface area contributed by atoms with Crippen LogP contribution in [0.4, 0.5) is 0 Å². The van der Waals surface area contributed by atoms with Gasteiger partial charge in [-0.05, 0) is 37.2 Å². The summed E-state index contributed by atoms with van der Waals surface area (Å²) in [5.41, 5.74) is 0.687. The SMILES string of the molecule is CC(CNC(=O)c1ccccc1)O[Si](C)(C)C(C)(C)C. The summed E-state index contributed by atoms with van der Waals surface area (Å²) in [5, 5.41) is 3.12. The lowest BCUT2D eigenvalue weighted by atomic mass is 10.2. The average Bonchev–Trinajstić information content (AvgIpc) is 2.35. The molecule has 0 bridgehead atoms. The summed E-state index contributed by atoms with van der Waals surface area (Å²) in [7, 11) is -1.77. The molecule has 0 aliphatic rings. The van der Waals surface area contributed by atoms with E-state index in [0.29, 0.717) is 12.1 Å². The molecule has 20 heavy (non-hydrogen) atoms. The summed E-state index contributed by atoms with van der Waals surface area (Å²) < 4.78 is 6.21. The fourth-order valence-corrected chi connectivity index (χ4v) is 3.09. The number of benzene rings is 1. The second kappa shape index (κ2) is 6.55. The molecule has 0 aliphatic heterocycles. The van der Waals surface area contributed by atoms with Gasteiger partial charge in [0.2, 0.25) is 0 Å². The number of rotatable bonds is 5. The normalized spacial score (nSPS) is 13.9. The zero-order valence-corrected chi connectivity index (χ0v) is 14.5. The van der Waals surface area contributed by atoms with Gasteiger partial charge in [0.25, 0.3) is 5.91 Å². The molecule has 3 nitrogen and oxygen atoms in total. The van der Waals surface area contributed by atoms with E-state index in [1.807, 2.05) is 37.3 Å². The summed E-state index contributed by atoms with van der Waals surface area (Å²) in [4.78, 5) is 12.0. The van der Waals surface area contributed by atoms with Gasteiger partial charge in [-0.25, -0.2) is 0 Å². The van der Waals surface area contributed by atoms with E-state index in [1.54, 1.807) is 0 Å². The van der Waals surface area contributed by atoms with Gasteiger partial charge in [0, 0.05) is 12.1 Å². The molecule has 1 amide bonds. The zero-order valence-electron chi connectivity index (χ0n) is 13.5. The molecule has 1 unspecified atom stereocenters. The van der Waals surface area contributed by atoms with Gasteiger partial charge in [0.1, 0.15) is 0 Å². The number of carbonyl (C=O) groups excluding carboxylic acids is 1. The molecular formula is C16H27NO2Si. The van der Waals surface area contributed by atoms with Crippen molar-refractivity contribution in [1.82, 2.24) is 5.32 Å². The molecule has 0 aromatic heterocycles. The first-order valence-corrected chi connectivity index (χ1v) is 10.1. The predicted octanol–water partition coefficient (Wildman–Crippen LogP) is 3.83. The van der Waals surface area contributed by atoms with Crippen LogP contribution in [0.25, 0.3) is 0 Å². The van der Waals surface area contributed by atoms with Crippen LogP contribution < -0.4 is 5.32 Å². The van der Waals surface area contributed by atoms with E-state index in [9.17, 15) is 4.79 Å². The van der Waals surface area contributed by atoms with E-state index in [-0.39, 0.29) is 17.0 Å². The van der Waals surface area contributed by atoms with Crippen molar-refractivity contribution in [2.45, 2.75) is 51.9 Å². The van der Waals surface area contributed by atoms with Gasteiger partial charge in [0.15, 0.2) is 8.32 Å². The van der Waals surface area contributed by atoms with Crippen molar-refractivity contribution in [3.8, 4) is 0 Å². The Hall–Kier alpha value is -1.13. The van der Waals surface area contributed by atoms with E-state index < -0.39 is 8.32 Å². The Morgan fingerprint density at radius 1 is 1.25 bits per heavy atom. The van der Waals surface area contributed by atoms with Crippen LogP contribution >= 0.6 is 0 Å². The highest BCUT2D eigenvalue weighted by atomic mass is 28.4. The van der Waals surface area contributed by atoms with E-state index in [2.05, 4.69) is 39.2 Å². The molecule has 0 fully saturated rings. The van der Waals surface area contributed by atoms with Crippen molar-refractivity contribution in [3.63, 3.8) is 0 Å². The average molecular weight is 293 g/mol. The third-order valence-electron chi connectivity index (χ3n) is 3.89. The van der Waals surface area contributed by atoms with Gasteiger partial charge < -0.3 is 9.74 Å². The first-order chi connectivity index (χ1) is 9.13. The minimum atomic E-state index is -1.77. The number of amides is 1. The summed E-state index contributed by atoms with van der Waals surface area (Å²) in [5.74, 6) is -0.0451. The van der Waals surface area contributed by atoms with Crippen molar-refractivity contribution in [1.29, 1.82) is 0 Å². The van der Waals surface area contributed by atoms with Gasteiger partial charge in [-0.15, -0.1) is 0 Å². The summed E-state index contributed by atoms with van der Waals surface area (Å²) in [6, 6.07) is 9.26. The monoisotopic (exact) mass is 293 g/mol. The fourth-order valence-electron chi connectivity index (χ4n) is 1.65. The second-order valence-corrected chi connectivity index (χ2v) is 11.5. The third-order valence-corrected chi connectivity index (χ3v) is 8.49. The summed E-state index contributed by atoms with van der Waals surface area (Å²) in [6.45, 7) is 13.7. The molecule has 0 radical (unpaired) electrons. The highest BCUT2D eigenvalue weighted by Gasteiger charge is 2.38. The van der Waals surface area contributed by atoms with Gasteiger partial charge in [-0.3, -0.25) is 4.79 Å². The number of carbonyl (C=O) groups is 1. The van der Waals surface area contributed by atoms with E-state index in [0.717, 1.165) is 0 Å².